The SMILES string of the molecule is Cc1nc2nncn2cc1CCCN. The van der Waals surface area contributed by atoms with Gasteiger partial charge in [-0.25, -0.2) is 4.98 Å². The van der Waals surface area contributed by atoms with Crippen molar-refractivity contribution in [3.63, 3.8) is 0 Å². The summed E-state index contributed by atoms with van der Waals surface area (Å²) in [5.41, 5.74) is 7.69. The van der Waals surface area contributed by atoms with Crippen LogP contribution in [0.25, 0.3) is 5.78 Å². The maximum Gasteiger partial charge on any atom is 0.255 e. The van der Waals surface area contributed by atoms with Crippen molar-refractivity contribution < 1.29 is 0 Å². The van der Waals surface area contributed by atoms with E-state index in [2.05, 4.69) is 15.2 Å². The zero-order valence-corrected chi connectivity index (χ0v) is 8.14. The van der Waals surface area contributed by atoms with E-state index < -0.39 is 0 Å². The van der Waals surface area contributed by atoms with Gasteiger partial charge in [-0.05, 0) is 31.9 Å². The minimum absolute atomic E-state index is 0.652. The number of aryl methyl sites for hydroxylation is 2. The molecular formula is C9H13N5. The summed E-state index contributed by atoms with van der Waals surface area (Å²) in [4.78, 5) is 4.34. The summed E-state index contributed by atoms with van der Waals surface area (Å²) >= 11 is 0. The topological polar surface area (TPSA) is 69.1 Å². The lowest BCUT2D eigenvalue weighted by Gasteiger charge is -2.04. The number of hydrogen-bond acceptors (Lipinski definition) is 4. The van der Waals surface area contributed by atoms with E-state index in [1.165, 1.54) is 5.56 Å². The van der Waals surface area contributed by atoms with Crippen LogP contribution in [0.1, 0.15) is 17.7 Å². The number of nitrogens with zero attached hydrogens (tertiary/aromatic N) is 4. The molecule has 74 valence electrons. The van der Waals surface area contributed by atoms with E-state index in [0.717, 1.165) is 18.5 Å². The molecule has 0 aromatic carbocycles. The van der Waals surface area contributed by atoms with Crippen molar-refractivity contribution in [2.75, 3.05) is 6.54 Å². The van der Waals surface area contributed by atoms with Crippen molar-refractivity contribution in [2.45, 2.75) is 19.8 Å². The summed E-state index contributed by atoms with van der Waals surface area (Å²) < 4.78 is 1.83. The van der Waals surface area contributed by atoms with Crippen LogP contribution < -0.4 is 5.73 Å². The van der Waals surface area contributed by atoms with Gasteiger partial charge in [-0.1, -0.05) is 0 Å². The van der Waals surface area contributed by atoms with Gasteiger partial charge in [0.2, 0.25) is 0 Å². The van der Waals surface area contributed by atoms with Crippen LogP contribution in [0.4, 0.5) is 0 Å². The second-order valence-corrected chi connectivity index (χ2v) is 3.28. The molecule has 0 radical (unpaired) electrons. The Kier molecular flexibility index (Phi) is 2.41. The summed E-state index contributed by atoms with van der Waals surface area (Å²) in [7, 11) is 0. The molecule has 2 heterocycles. The Bertz CT molecular complexity index is 434. The normalized spacial score (nSPS) is 11.0. The quantitative estimate of drug-likeness (QED) is 0.758. The fourth-order valence-corrected chi connectivity index (χ4v) is 1.43. The molecule has 2 rings (SSSR count). The first-order valence-corrected chi connectivity index (χ1v) is 4.67. The Morgan fingerprint density at radius 1 is 1.50 bits per heavy atom. The fourth-order valence-electron chi connectivity index (χ4n) is 1.43. The van der Waals surface area contributed by atoms with Crippen LogP contribution in [0.5, 0.6) is 0 Å². The summed E-state index contributed by atoms with van der Waals surface area (Å²) in [6.45, 7) is 2.69. The molecule has 0 fully saturated rings. The van der Waals surface area contributed by atoms with Crippen LogP contribution in [-0.2, 0) is 6.42 Å². The van der Waals surface area contributed by atoms with Crippen LogP contribution in [0.2, 0.25) is 0 Å². The minimum atomic E-state index is 0.652. The van der Waals surface area contributed by atoms with Crippen molar-refractivity contribution in [2.24, 2.45) is 5.73 Å². The van der Waals surface area contributed by atoms with Crippen LogP contribution in [0.15, 0.2) is 12.5 Å². The molecule has 0 saturated carbocycles. The molecular weight excluding hydrogens is 178 g/mol. The Balaban J connectivity index is 2.38. The van der Waals surface area contributed by atoms with Gasteiger partial charge >= 0.3 is 0 Å². The lowest BCUT2D eigenvalue weighted by Crippen LogP contribution is -2.03. The van der Waals surface area contributed by atoms with Gasteiger partial charge in [0, 0.05) is 11.9 Å². The minimum Gasteiger partial charge on any atom is -0.330 e. The van der Waals surface area contributed by atoms with Gasteiger partial charge in [0.15, 0.2) is 0 Å². The molecule has 5 nitrogen and oxygen atoms in total. The Morgan fingerprint density at radius 2 is 2.36 bits per heavy atom. The molecule has 5 heteroatoms. The van der Waals surface area contributed by atoms with Crippen LogP contribution in [0.3, 0.4) is 0 Å². The molecule has 14 heavy (non-hydrogen) atoms. The van der Waals surface area contributed by atoms with Gasteiger partial charge < -0.3 is 5.73 Å². The lowest BCUT2D eigenvalue weighted by atomic mass is 10.1. The van der Waals surface area contributed by atoms with Crippen molar-refractivity contribution in [1.29, 1.82) is 0 Å². The van der Waals surface area contributed by atoms with E-state index in [1.807, 2.05) is 17.5 Å². The first kappa shape index (κ1) is 9.08. The average Bonchev–Trinajstić information content (AvgIpc) is 2.61. The molecule has 2 N–H and O–H groups in total. The van der Waals surface area contributed by atoms with E-state index in [0.29, 0.717) is 12.3 Å². The molecule has 0 bridgehead atoms. The summed E-state index contributed by atoms with van der Waals surface area (Å²) in [6.07, 6.45) is 5.63. The van der Waals surface area contributed by atoms with Crippen LogP contribution in [0, 0.1) is 6.92 Å². The first-order valence-electron chi connectivity index (χ1n) is 4.67. The Morgan fingerprint density at radius 3 is 3.14 bits per heavy atom. The molecule has 0 amide bonds. The number of fused-ring (bicyclic) bond motifs is 1. The lowest BCUT2D eigenvalue weighted by molar-refractivity contribution is 0.812. The zero-order valence-electron chi connectivity index (χ0n) is 8.14. The van der Waals surface area contributed by atoms with E-state index >= 15 is 0 Å². The van der Waals surface area contributed by atoms with E-state index in [4.69, 9.17) is 5.73 Å². The van der Waals surface area contributed by atoms with E-state index in [-0.39, 0.29) is 0 Å². The smallest absolute Gasteiger partial charge is 0.255 e. The third-order valence-corrected chi connectivity index (χ3v) is 2.23. The third kappa shape index (κ3) is 1.58. The largest absolute Gasteiger partial charge is 0.330 e. The molecule has 0 aliphatic rings. The summed E-state index contributed by atoms with van der Waals surface area (Å²) in [6, 6.07) is 0. The summed E-state index contributed by atoms with van der Waals surface area (Å²) in [5, 5.41) is 7.67. The highest BCUT2D eigenvalue weighted by Gasteiger charge is 2.03. The highest BCUT2D eigenvalue weighted by molar-refractivity contribution is 5.30. The summed E-state index contributed by atoms with van der Waals surface area (Å²) in [5.74, 6) is 0.652. The molecule has 0 unspecified atom stereocenters. The Labute approximate surface area is 82.0 Å². The molecule has 2 aromatic rings. The third-order valence-electron chi connectivity index (χ3n) is 2.23. The zero-order chi connectivity index (χ0) is 9.97. The highest BCUT2D eigenvalue weighted by Crippen LogP contribution is 2.08. The molecule has 0 saturated heterocycles. The fraction of sp³-hybridized carbons (Fsp3) is 0.444. The molecule has 2 aromatic heterocycles. The van der Waals surface area contributed by atoms with Crippen molar-refractivity contribution in [1.82, 2.24) is 19.6 Å². The highest BCUT2D eigenvalue weighted by atomic mass is 15.3. The first-order chi connectivity index (χ1) is 6.81. The van der Waals surface area contributed by atoms with Gasteiger partial charge in [0.05, 0.1) is 0 Å². The van der Waals surface area contributed by atoms with Gasteiger partial charge in [-0.2, -0.15) is 0 Å². The van der Waals surface area contributed by atoms with Gasteiger partial charge in [-0.3, -0.25) is 4.40 Å². The van der Waals surface area contributed by atoms with Gasteiger partial charge in [0.25, 0.3) is 5.78 Å². The standard InChI is InChI=1S/C9H13N5/c1-7-8(3-2-4-10)5-14-6-11-13-9(14)12-7/h5-6H,2-4,10H2,1H3. The van der Waals surface area contributed by atoms with Gasteiger partial charge in [0.1, 0.15) is 6.33 Å². The predicted octanol–water partition coefficient (Wildman–Crippen LogP) is 0.324. The Hall–Kier alpha value is -1.49. The maximum absolute atomic E-state index is 5.47. The van der Waals surface area contributed by atoms with Crippen LogP contribution >= 0.6 is 0 Å². The maximum atomic E-state index is 5.47. The molecule has 0 aliphatic heterocycles. The predicted molar refractivity (Wildman–Crippen MR) is 52.9 cm³/mol. The monoisotopic (exact) mass is 191 g/mol. The molecule has 0 atom stereocenters. The van der Waals surface area contributed by atoms with Crippen LogP contribution in [-0.4, -0.2) is 26.1 Å². The number of hydrogen-bond donors (Lipinski definition) is 1. The number of aromatic nitrogens is 4. The molecule has 0 aliphatic carbocycles. The molecule has 0 spiro atoms. The number of rotatable bonds is 3. The second-order valence-electron chi connectivity index (χ2n) is 3.28. The van der Waals surface area contributed by atoms with Gasteiger partial charge in [-0.15, -0.1) is 10.2 Å². The van der Waals surface area contributed by atoms with E-state index in [1.54, 1.807) is 6.33 Å². The number of nitrogens with two attached hydrogens (primary N) is 1. The van der Waals surface area contributed by atoms with Crippen molar-refractivity contribution >= 4 is 5.78 Å². The van der Waals surface area contributed by atoms with Crippen molar-refractivity contribution in [3.8, 4) is 0 Å². The second kappa shape index (κ2) is 3.71. The van der Waals surface area contributed by atoms with Crippen molar-refractivity contribution in [3.05, 3.63) is 23.8 Å². The average molecular weight is 191 g/mol. The van der Waals surface area contributed by atoms with E-state index in [9.17, 15) is 0 Å².